The van der Waals surface area contributed by atoms with Gasteiger partial charge in [0.2, 0.25) is 5.91 Å². The third-order valence-corrected chi connectivity index (χ3v) is 3.50. The lowest BCUT2D eigenvalue weighted by Gasteiger charge is -2.14. The Balaban J connectivity index is 2.41. The van der Waals surface area contributed by atoms with Crippen molar-refractivity contribution in [2.45, 2.75) is 65.3 Å². The summed E-state index contributed by atoms with van der Waals surface area (Å²) in [7, 11) is 0. The van der Waals surface area contributed by atoms with Crippen molar-refractivity contribution in [3.63, 3.8) is 0 Å². The zero-order chi connectivity index (χ0) is 17.1. The second-order valence-corrected chi connectivity index (χ2v) is 5.71. The van der Waals surface area contributed by atoms with Crippen LogP contribution in [0.25, 0.3) is 0 Å². The second-order valence-electron chi connectivity index (χ2n) is 5.71. The van der Waals surface area contributed by atoms with E-state index in [0.29, 0.717) is 17.9 Å². The number of carbonyl (C=O) groups excluding carboxylic acids is 2. The first-order valence-corrected chi connectivity index (χ1v) is 8.43. The molecule has 0 aliphatic carbocycles. The van der Waals surface area contributed by atoms with E-state index in [1.54, 1.807) is 31.2 Å². The number of ether oxygens (including phenoxy) is 1. The van der Waals surface area contributed by atoms with E-state index in [4.69, 9.17) is 4.74 Å². The van der Waals surface area contributed by atoms with E-state index in [1.807, 2.05) is 6.92 Å². The molecular weight excluding hydrogens is 292 g/mol. The summed E-state index contributed by atoms with van der Waals surface area (Å²) in [6.07, 6.45) is 5.61. The fourth-order valence-electron chi connectivity index (χ4n) is 2.17. The molecule has 0 radical (unpaired) electrons. The van der Waals surface area contributed by atoms with Gasteiger partial charge in [-0.2, -0.15) is 0 Å². The molecule has 0 aromatic heterocycles. The van der Waals surface area contributed by atoms with Crippen molar-refractivity contribution in [2.24, 2.45) is 0 Å². The van der Waals surface area contributed by atoms with Crippen molar-refractivity contribution in [3.05, 3.63) is 24.3 Å². The quantitative estimate of drug-likeness (QED) is 0.659. The van der Waals surface area contributed by atoms with Crippen molar-refractivity contribution in [2.75, 3.05) is 5.32 Å². The SMILES string of the molecule is CCCCCCC(C)NC(=O)Oc1cccc(NC(=O)CC)c1. The third kappa shape index (κ3) is 8.24. The van der Waals surface area contributed by atoms with Crippen molar-refractivity contribution in [1.29, 1.82) is 0 Å². The summed E-state index contributed by atoms with van der Waals surface area (Å²) in [6.45, 7) is 5.94. The lowest BCUT2D eigenvalue weighted by Crippen LogP contribution is -2.34. The van der Waals surface area contributed by atoms with Gasteiger partial charge in [0.15, 0.2) is 0 Å². The van der Waals surface area contributed by atoms with Crippen LogP contribution in [-0.2, 0) is 4.79 Å². The van der Waals surface area contributed by atoms with Gasteiger partial charge >= 0.3 is 6.09 Å². The van der Waals surface area contributed by atoms with Crippen LogP contribution in [0.2, 0.25) is 0 Å². The van der Waals surface area contributed by atoms with Gasteiger partial charge in [-0.25, -0.2) is 4.79 Å². The maximum Gasteiger partial charge on any atom is 0.412 e. The fourth-order valence-corrected chi connectivity index (χ4v) is 2.17. The minimum Gasteiger partial charge on any atom is -0.410 e. The van der Waals surface area contributed by atoms with Gasteiger partial charge in [0.05, 0.1) is 0 Å². The van der Waals surface area contributed by atoms with Gasteiger partial charge in [0, 0.05) is 24.2 Å². The molecule has 0 fully saturated rings. The number of amides is 2. The molecule has 2 amide bonds. The zero-order valence-corrected chi connectivity index (χ0v) is 14.4. The molecule has 0 saturated heterocycles. The molecule has 0 bridgehead atoms. The van der Waals surface area contributed by atoms with Crippen LogP contribution in [0.5, 0.6) is 5.75 Å². The van der Waals surface area contributed by atoms with Crippen molar-refractivity contribution >= 4 is 17.7 Å². The Kier molecular flexibility index (Phi) is 8.80. The highest BCUT2D eigenvalue weighted by Crippen LogP contribution is 2.17. The van der Waals surface area contributed by atoms with Gasteiger partial charge in [-0.1, -0.05) is 45.6 Å². The average Bonchev–Trinajstić information content (AvgIpc) is 2.51. The highest BCUT2D eigenvalue weighted by Gasteiger charge is 2.10. The standard InChI is InChI=1S/C18H28N2O3/c1-4-6-7-8-10-14(3)19-18(22)23-16-12-9-11-15(13-16)20-17(21)5-2/h9,11-14H,4-8,10H2,1-3H3,(H,19,22)(H,20,21). The fraction of sp³-hybridized carbons (Fsp3) is 0.556. The van der Waals surface area contributed by atoms with E-state index < -0.39 is 6.09 Å². The molecule has 1 atom stereocenters. The molecule has 23 heavy (non-hydrogen) atoms. The smallest absolute Gasteiger partial charge is 0.410 e. The Morgan fingerprint density at radius 2 is 1.96 bits per heavy atom. The van der Waals surface area contributed by atoms with Crippen LogP contribution in [-0.4, -0.2) is 18.0 Å². The molecule has 128 valence electrons. The number of benzene rings is 1. The van der Waals surface area contributed by atoms with E-state index >= 15 is 0 Å². The number of anilines is 1. The van der Waals surface area contributed by atoms with E-state index in [1.165, 1.54) is 19.3 Å². The second kappa shape index (κ2) is 10.6. The molecule has 1 aromatic carbocycles. The molecular formula is C18H28N2O3. The van der Waals surface area contributed by atoms with Crippen molar-refractivity contribution in [1.82, 2.24) is 5.32 Å². The normalized spacial score (nSPS) is 11.6. The average molecular weight is 320 g/mol. The highest BCUT2D eigenvalue weighted by molar-refractivity contribution is 5.90. The molecule has 0 heterocycles. The molecule has 5 nitrogen and oxygen atoms in total. The molecule has 0 spiro atoms. The Bertz CT molecular complexity index is 503. The maximum absolute atomic E-state index is 11.9. The van der Waals surface area contributed by atoms with Crippen molar-refractivity contribution in [3.8, 4) is 5.75 Å². The Labute approximate surface area is 138 Å². The Hall–Kier alpha value is -2.04. The van der Waals surface area contributed by atoms with Gasteiger partial charge < -0.3 is 15.4 Å². The molecule has 2 N–H and O–H groups in total. The van der Waals surface area contributed by atoms with Gasteiger partial charge in [-0.05, 0) is 25.5 Å². The van der Waals surface area contributed by atoms with E-state index in [-0.39, 0.29) is 11.9 Å². The first kappa shape index (κ1) is 19.0. The third-order valence-electron chi connectivity index (χ3n) is 3.50. The minimum atomic E-state index is -0.466. The van der Waals surface area contributed by atoms with Gasteiger partial charge in [0.25, 0.3) is 0 Å². The summed E-state index contributed by atoms with van der Waals surface area (Å²) in [5.74, 6) is 0.335. The van der Waals surface area contributed by atoms with E-state index in [9.17, 15) is 9.59 Å². The zero-order valence-electron chi connectivity index (χ0n) is 14.4. The van der Waals surface area contributed by atoms with Crippen molar-refractivity contribution < 1.29 is 14.3 Å². The van der Waals surface area contributed by atoms with Gasteiger partial charge in [0.1, 0.15) is 5.75 Å². The van der Waals surface area contributed by atoms with Crippen LogP contribution in [0.15, 0.2) is 24.3 Å². The monoisotopic (exact) mass is 320 g/mol. The highest BCUT2D eigenvalue weighted by atomic mass is 16.6. The number of hydrogen-bond donors (Lipinski definition) is 2. The molecule has 1 rings (SSSR count). The Morgan fingerprint density at radius 1 is 1.17 bits per heavy atom. The number of carbonyl (C=O) groups is 2. The summed E-state index contributed by atoms with van der Waals surface area (Å²) < 4.78 is 5.27. The van der Waals surface area contributed by atoms with E-state index in [0.717, 1.165) is 12.8 Å². The first-order valence-electron chi connectivity index (χ1n) is 8.43. The van der Waals surface area contributed by atoms with Crippen LogP contribution >= 0.6 is 0 Å². The van der Waals surface area contributed by atoms with Crippen LogP contribution in [0.4, 0.5) is 10.5 Å². The largest absolute Gasteiger partial charge is 0.412 e. The number of hydrogen-bond acceptors (Lipinski definition) is 3. The maximum atomic E-state index is 11.9. The molecule has 0 saturated carbocycles. The van der Waals surface area contributed by atoms with E-state index in [2.05, 4.69) is 17.6 Å². The predicted octanol–water partition coefficient (Wildman–Crippen LogP) is 4.48. The molecule has 1 aromatic rings. The molecule has 0 aliphatic rings. The van der Waals surface area contributed by atoms with Crippen LogP contribution in [0.3, 0.4) is 0 Å². The lowest BCUT2D eigenvalue weighted by molar-refractivity contribution is -0.115. The van der Waals surface area contributed by atoms with Crippen LogP contribution in [0.1, 0.15) is 59.3 Å². The minimum absolute atomic E-state index is 0.0766. The summed E-state index contributed by atoms with van der Waals surface area (Å²) in [4.78, 5) is 23.3. The molecule has 1 unspecified atom stereocenters. The van der Waals surface area contributed by atoms with Crippen LogP contribution < -0.4 is 15.4 Å². The lowest BCUT2D eigenvalue weighted by atomic mass is 10.1. The first-order chi connectivity index (χ1) is 11.0. The molecule has 5 heteroatoms. The summed E-state index contributed by atoms with van der Waals surface area (Å²) in [5, 5.41) is 5.56. The topological polar surface area (TPSA) is 67.4 Å². The number of nitrogens with one attached hydrogen (secondary N) is 2. The van der Waals surface area contributed by atoms with Crippen LogP contribution in [0, 0.1) is 0 Å². The summed E-state index contributed by atoms with van der Waals surface area (Å²) >= 11 is 0. The Morgan fingerprint density at radius 3 is 2.65 bits per heavy atom. The van der Waals surface area contributed by atoms with Gasteiger partial charge in [-0.15, -0.1) is 0 Å². The summed E-state index contributed by atoms with van der Waals surface area (Å²) in [6, 6.07) is 6.91. The predicted molar refractivity (Wildman–Crippen MR) is 92.7 cm³/mol. The number of unbranched alkanes of at least 4 members (excludes halogenated alkanes) is 3. The van der Waals surface area contributed by atoms with Gasteiger partial charge in [-0.3, -0.25) is 4.79 Å². The molecule has 0 aliphatic heterocycles. The summed E-state index contributed by atoms with van der Waals surface area (Å²) in [5.41, 5.74) is 0.620. The number of rotatable bonds is 9.